The first-order valence-electron chi connectivity index (χ1n) is 10.9. The quantitative estimate of drug-likeness (QED) is 0.175. The standard InChI is InChI=1S/C26H21Cl2N3O3S2/c1-14-10-31-17(11-29-14)4-6-21(32)23-7-8-24(36-23)22(33)12-30-15(2)18-13-35-26(25(18)34)16-3-5-19(27)20(28)9-16/h3,5,7-11,13,34H,4,6,12H2,1-2H3. The summed E-state index contributed by atoms with van der Waals surface area (Å²) in [5, 5.41) is 13.4. The van der Waals surface area contributed by atoms with Crippen molar-refractivity contribution < 1.29 is 14.7 Å². The van der Waals surface area contributed by atoms with Crippen LogP contribution in [0.4, 0.5) is 0 Å². The fourth-order valence-corrected chi connectivity index (χ4v) is 5.56. The number of aliphatic imine (C=N–C) groups is 1. The Bertz CT molecular complexity index is 1460. The van der Waals surface area contributed by atoms with Crippen LogP contribution in [-0.4, -0.2) is 38.9 Å². The number of aromatic hydroxyl groups is 1. The van der Waals surface area contributed by atoms with Crippen molar-refractivity contribution in [3.8, 4) is 16.2 Å². The number of hydrogen-bond donors (Lipinski definition) is 1. The Morgan fingerprint density at radius 1 is 1.03 bits per heavy atom. The van der Waals surface area contributed by atoms with Gasteiger partial charge in [0.15, 0.2) is 11.6 Å². The van der Waals surface area contributed by atoms with E-state index in [0.717, 1.165) is 17.0 Å². The van der Waals surface area contributed by atoms with E-state index in [4.69, 9.17) is 23.2 Å². The van der Waals surface area contributed by atoms with E-state index in [0.29, 0.717) is 48.8 Å². The van der Waals surface area contributed by atoms with E-state index in [-0.39, 0.29) is 23.9 Å². The first-order valence-corrected chi connectivity index (χ1v) is 13.4. The van der Waals surface area contributed by atoms with Crippen molar-refractivity contribution in [2.24, 2.45) is 4.99 Å². The molecule has 0 saturated heterocycles. The van der Waals surface area contributed by atoms with Crippen LogP contribution < -0.4 is 0 Å². The molecule has 3 aromatic heterocycles. The molecular formula is C26H21Cl2N3O3S2. The number of carbonyl (C=O) groups excluding carboxylic acids is 2. The molecule has 0 atom stereocenters. The molecule has 0 fully saturated rings. The normalized spacial score (nSPS) is 11.6. The summed E-state index contributed by atoms with van der Waals surface area (Å²) in [6, 6.07) is 8.48. The number of ketones is 2. The van der Waals surface area contributed by atoms with Crippen molar-refractivity contribution >= 4 is 63.2 Å². The zero-order chi connectivity index (χ0) is 25.8. The Morgan fingerprint density at radius 3 is 2.47 bits per heavy atom. The van der Waals surface area contributed by atoms with Crippen LogP contribution in [0.2, 0.25) is 10.0 Å². The number of benzene rings is 1. The van der Waals surface area contributed by atoms with E-state index in [1.165, 1.54) is 22.7 Å². The van der Waals surface area contributed by atoms with E-state index >= 15 is 0 Å². The monoisotopic (exact) mass is 557 g/mol. The van der Waals surface area contributed by atoms with Crippen LogP contribution >= 0.6 is 45.9 Å². The maximum atomic E-state index is 12.7. The van der Waals surface area contributed by atoms with Gasteiger partial charge in [-0.05, 0) is 50.1 Å². The van der Waals surface area contributed by atoms with Gasteiger partial charge in [0, 0.05) is 35.5 Å². The Hall–Kier alpha value is -2.91. The molecule has 4 rings (SSSR count). The Morgan fingerprint density at radius 2 is 1.78 bits per heavy atom. The second-order valence-electron chi connectivity index (χ2n) is 8.02. The average Bonchev–Trinajstić information content (AvgIpc) is 3.51. The number of aromatic nitrogens is 2. The number of halogens is 2. The predicted octanol–water partition coefficient (Wildman–Crippen LogP) is 7.09. The number of carbonyl (C=O) groups is 2. The first kappa shape index (κ1) is 26.2. The number of hydrogen-bond acceptors (Lipinski definition) is 8. The lowest BCUT2D eigenvalue weighted by Gasteiger charge is -2.03. The lowest BCUT2D eigenvalue weighted by molar-refractivity contribution is 0.0984. The number of thiophene rings is 2. The molecule has 10 heteroatoms. The van der Waals surface area contributed by atoms with Gasteiger partial charge < -0.3 is 5.11 Å². The van der Waals surface area contributed by atoms with Gasteiger partial charge in [-0.15, -0.1) is 22.7 Å². The lowest BCUT2D eigenvalue weighted by Crippen LogP contribution is -2.04. The van der Waals surface area contributed by atoms with Crippen LogP contribution in [0, 0.1) is 6.92 Å². The molecule has 0 aliphatic carbocycles. The molecule has 0 spiro atoms. The van der Waals surface area contributed by atoms with Gasteiger partial charge in [0.25, 0.3) is 0 Å². The van der Waals surface area contributed by atoms with Crippen LogP contribution in [0.25, 0.3) is 10.4 Å². The predicted molar refractivity (Wildman–Crippen MR) is 147 cm³/mol. The van der Waals surface area contributed by atoms with Gasteiger partial charge in [-0.25, -0.2) is 0 Å². The van der Waals surface area contributed by atoms with Gasteiger partial charge in [0.05, 0.1) is 36.1 Å². The van der Waals surface area contributed by atoms with E-state index in [1.807, 2.05) is 6.92 Å². The summed E-state index contributed by atoms with van der Waals surface area (Å²) >= 11 is 14.6. The molecular weight excluding hydrogens is 537 g/mol. The Balaban J connectivity index is 1.39. The highest BCUT2D eigenvalue weighted by Gasteiger charge is 2.17. The fourth-order valence-electron chi connectivity index (χ4n) is 3.35. The van der Waals surface area contributed by atoms with Gasteiger partial charge in [0.1, 0.15) is 12.3 Å². The zero-order valence-electron chi connectivity index (χ0n) is 19.4. The maximum Gasteiger partial charge on any atom is 0.194 e. The maximum absolute atomic E-state index is 12.7. The van der Waals surface area contributed by atoms with Gasteiger partial charge >= 0.3 is 0 Å². The molecule has 0 aliphatic rings. The average molecular weight is 559 g/mol. The summed E-state index contributed by atoms with van der Waals surface area (Å²) in [6.45, 7) is 3.51. The second-order valence-corrected chi connectivity index (χ2v) is 10.8. The first-order chi connectivity index (χ1) is 17.2. The number of rotatable bonds is 9. The molecule has 3 heterocycles. The van der Waals surface area contributed by atoms with Crippen molar-refractivity contribution in [2.75, 3.05) is 6.54 Å². The Labute approximate surface area is 226 Å². The third-order valence-corrected chi connectivity index (χ3v) is 8.32. The number of aryl methyl sites for hydroxylation is 2. The fraction of sp³-hybridized carbons (Fsp3) is 0.192. The molecule has 0 amide bonds. The van der Waals surface area contributed by atoms with Crippen LogP contribution in [0.1, 0.15) is 49.6 Å². The van der Waals surface area contributed by atoms with Crippen molar-refractivity contribution in [3.63, 3.8) is 0 Å². The van der Waals surface area contributed by atoms with E-state index in [9.17, 15) is 14.7 Å². The van der Waals surface area contributed by atoms with E-state index in [2.05, 4.69) is 15.0 Å². The minimum absolute atomic E-state index is 0.0425. The van der Waals surface area contributed by atoms with Gasteiger partial charge in [-0.1, -0.05) is 29.3 Å². The molecule has 0 saturated carbocycles. The summed E-state index contributed by atoms with van der Waals surface area (Å²) in [5.41, 5.74) is 3.41. The SMILES string of the molecule is CC(=NCC(=O)c1ccc(C(=O)CCc2cnc(C)cn2)s1)c1csc(-c2ccc(Cl)c(Cl)c2)c1O. The summed E-state index contributed by atoms with van der Waals surface area (Å²) in [6.07, 6.45) is 4.13. The molecule has 0 radical (unpaired) electrons. The molecule has 4 aromatic rings. The largest absolute Gasteiger partial charge is 0.506 e. The summed E-state index contributed by atoms with van der Waals surface area (Å²) < 4.78 is 0. The van der Waals surface area contributed by atoms with Crippen LogP contribution in [0.3, 0.4) is 0 Å². The zero-order valence-corrected chi connectivity index (χ0v) is 22.6. The summed E-state index contributed by atoms with van der Waals surface area (Å²) in [5.74, 6) is -0.157. The molecule has 6 nitrogen and oxygen atoms in total. The smallest absolute Gasteiger partial charge is 0.194 e. The molecule has 1 aromatic carbocycles. The van der Waals surface area contributed by atoms with Crippen LogP contribution in [-0.2, 0) is 6.42 Å². The highest BCUT2D eigenvalue weighted by molar-refractivity contribution is 7.16. The lowest BCUT2D eigenvalue weighted by atomic mass is 10.1. The molecule has 0 aliphatic heterocycles. The molecule has 1 N–H and O–H groups in total. The second kappa shape index (κ2) is 11.4. The van der Waals surface area contributed by atoms with E-state index in [1.54, 1.807) is 55.0 Å². The van der Waals surface area contributed by atoms with Crippen molar-refractivity contribution in [1.82, 2.24) is 9.97 Å². The molecule has 36 heavy (non-hydrogen) atoms. The van der Waals surface area contributed by atoms with Crippen molar-refractivity contribution in [1.29, 1.82) is 0 Å². The van der Waals surface area contributed by atoms with Crippen molar-refractivity contribution in [2.45, 2.75) is 26.7 Å². The summed E-state index contributed by atoms with van der Waals surface area (Å²) in [4.78, 5) is 39.7. The van der Waals surface area contributed by atoms with Crippen LogP contribution in [0.5, 0.6) is 5.75 Å². The van der Waals surface area contributed by atoms with Crippen LogP contribution in [0.15, 0.2) is 53.1 Å². The molecule has 0 unspecified atom stereocenters. The number of Topliss-reactive ketones (excluding diaryl/α,β-unsaturated/α-hetero) is 2. The minimum Gasteiger partial charge on any atom is -0.506 e. The van der Waals surface area contributed by atoms with E-state index < -0.39 is 0 Å². The molecule has 184 valence electrons. The third-order valence-electron chi connectivity index (χ3n) is 5.39. The van der Waals surface area contributed by atoms with Gasteiger partial charge in [-0.3, -0.25) is 24.5 Å². The summed E-state index contributed by atoms with van der Waals surface area (Å²) in [7, 11) is 0. The minimum atomic E-state index is -0.192. The Kier molecular flexibility index (Phi) is 8.31. The van der Waals surface area contributed by atoms with Crippen molar-refractivity contribution in [3.05, 3.63) is 84.9 Å². The van der Waals surface area contributed by atoms with Gasteiger partial charge in [0.2, 0.25) is 0 Å². The third kappa shape index (κ3) is 6.07. The highest BCUT2D eigenvalue weighted by Crippen LogP contribution is 2.40. The molecule has 0 bridgehead atoms. The van der Waals surface area contributed by atoms with Gasteiger partial charge in [-0.2, -0.15) is 0 Å². The highest BCUT2D eigenvalue weighted by atomic mass is 35.5. The number of nitrogens with zero attached hydrogens (tertiary/aromatic N) is 3. The topological polar surface area (TPSA) is 92.5 Å².